The monoisotopic (exact) mass is 394 g/mol. The number of para-hydroxylation sites is 2. The minimum Gasteiger partial charge on any atom is -0.495 e. The zero-order valence-electron chi connectivity index (χ0n) is 17.7. The van der Waals surface area contributed by atoms with Crippen LogP contribution in [-0.2, 0) is 11.2 Å². The predicted octanol–water partition coefficient (Wildman–Crippen LogP) is 4.21. The lowest BCUT2D eigenvalue weighted by Crippen LogP contribution is -2.59. The van der Waals surface area contributed by atoms with Gasteiger partial charge in [-0.2, -0.15) is 0 Å². The Bertz CT molecular complexity index is 893. The standard InChI is InChI=1S/C24H30N2O3/c1-17(2)14-16-25-23(28)24(3)15-13-18-9-5-6-10-19(18)22(27)26(24)20-11-7-8-12-21(20)29-4/h5-12,17H,13-16H2,1-4H3,(H,25,28). The van der Waals surface area contributed by atoms with E-state index in [1.807, 2.05) is 55.5 Å². The fraction of sp³-hybridized carbons (Fsp3) is 0.417. The summed E-state index contributed by atoms with van der Waals surface area (Å²) in [5, 5.41) is 3.06. The highest BCUT2D eigenvalue weighted by atomic mass is 16.5. The van der Waals surface area contributed by atoms with Crippen LogP contribution in [-0.4, -0.2) is 31.0 Å². The normalized spacial score (nSPS) is 18.9. The average Bonchev–Trinajstić information content (AvgIpc) is 2.83. The number of methoxy groups -OCH3 is 1. The number of fused-ring (bicyclic) bond motifs is 1. The maximum atomic E-state index is 13.7. The Labute approximate surface area is 173 Å². The summed E-state index contributed by atoms with van der Waals surface area (Å²) in [5.74, 6) is 0.754. The highest BCUT2D eigenvalue weighted by Gasteiger charge is 2.46. The van der Waals surface area contributed by atoms with Crippen molar-refractivity contribution in [3.05, 3.63) is 59.7 Å². The van der Waals surface area contributed by atoms with Crippen molar-refractivity contribution >= 4 is 17.5 Å². The summed E-state index contributed by atoms with van der Waals surface area (Å²) in [6.45, 7) is 6.70. The van der Waals surface area contributed by atoms with E-state index in [-0.39, 0.29) is 11.8 Å². The number of hydrogen-bond donors (Lipinski definition) is 1. The molecule has 0 spiro atoms. The molecule has 29 heavy (non-hydrogen) atoms. The number of carbonyl (C=O) groups is 2. The van der Waals surface area contributed by atoms with Crippen molar-refractivity contribution in [2.45, 2.75) is 45.6 Å². The van der Waals surface area contributed by atoms with Crippen LogP contribution in [0.4, 0.5) is 5.69 Å². The third-order valence-corrected chi connectivity index (χ3v) is 5.65. The molecule has 0 aromatic heterocycles. The number of aryl methyl sites for hydroxylation is 1. The second-order valence-corrected chi connectivity index (χ2v) is 8.18. The number of carbonyl (C=O) groups excluding carboxylic acids is 2. The van der Waals surface area contributed by atoms with Crippen LogP contribution in [0, 0.1) is 5.92 Å². The molecule has 1 aliphatic rings. The first-order valence-corrected chi connectivity index (χ1v) is 10.2. The number of amides is 2. The number of hydrogen-bond acceptors (Lipinski definition) is 3. The average molecular weight is 395 g/mol. The van der Waals surface area contributed by atoms with Gasteiger partial charge in [-0.05, 0) is 55.9 Å². The number of anilines is 1. The summed E-state index contributed by atoms with van der Waals surface area (Å²) >= 11 is 0. The molecule has 0 aliphatic carbocycles. The van der Waals surface area contributed by atoms with Crippen LogP contribution in [0.1, 0.15) is 49.5 Å². The Balaban J connectivity index is 2.08. The molecule has 2 amide bonds. The molecular formula is C24H30N2O3. The Hall–Kier alpha value is -2.82. The fourth-order valence-corrected chi connectivity index (χ4v) is 3.85. The summed E-state index contributed by atoms with van der Waals surface area (Å²) in [4.78, 5) is 28.7. The largest absolute Gasteiger partial charge is 0.495 e. The zero-order chi connectivity index (χ0) is 21.0. The molecule has 5 heteroatoms. The summed E-state index contributed by atoms with van der Waals surface area (Å²) in [5.41, 5.74) is 1.19. The van der Waals surface area contributed by atoms with Crippen molar-refractivity contribution in [3.8, 4) is 5.75 Å². The molecule has 154 valence electrons. The minimum atomic E-state index is -1.03. The van der Waals surface area contributed by atoms with Crippen molar-refractivity contribution in [1.82, 2.24) is 5.32 Å². The molecular weight excluding hydrogens is 364 g/mol. The molecule has 0 bridgehead atoms. The second kappa shape index (κ2) is 8.68. The first kappa shape index (κ1) is 20.9. The molecule has 2 aromatic rings. The first-order chi connectivity index (χ1) is 13.9. The molecule has 1 aliphatic heterocycles. The Morgan fingerprint density at radius 3 is 2.59 bits per heavy atom. The van der Waals surface area contributed by atoms with Crippen molar-refractivity contribution in [3.63, 3.8) is 0 Å². The van der Waals surface area contributed by atoms with Crippen molar-refractivity contribution < 1.29 is 14.3 Å². The maximum Gasteiger partial charge on any atom is 0.259 e. The number of nitrogens with one attached hydrogen (secondary N) is 1. The van der Waals surface area contributed by atoms with Gasteiger partial charge in [-0.3, -0.25) is 14.5 Å². The third-order valence-electron chi connectivity index (χ3n) is 5.65. The Kier molecular flexibility index (Phi) is 6.26. The Morgan fingerprint density at radius 2 is 1.86 bits per heavy atom. The van der Waals surface area contributed by atoms with E-state index in [4.69, 9.17) is 4.74 Å². The van der Waals surface area contributed by atoms with E-state index in [0.29, 0.717) is 42.3 Å². The summed E-state index contributed by atoms with van der Waals surface area (Å²) < 4.78 is 5.54. The van der Waals surface area contributed by atoms with Gasteiger partial charge in [0.15, 0.2) is 0 Å². The molecule has 0 saturated heterocycles. The third kappa shape index (κ3) is 4.14. The molecule has 0 saturated carbocycles. The van der Waals surface area contributed by atoms with Gasteiger partial charge in [0.1, 0.15) is 11.3 Å². The fourth-order valence-electron chi connectivity index (χ4n) is 3.85. The number of rotatable bonds is 6. The Morgan fingerprint density at radius 1 is 1.17 bits per heavy atom. The van der Waals surface area contributed by atoms with E-state index in [1.165, 1.54) is 0 Å². The van der Waals surface area contributed by atoms with Gasteiger partial charge in [0, 0.05) is 12.1 Å². The lowest BCUT2D eigenvalue weighted by atomic mass is 9.91. The SMILES string of the molecule is COc1ccccc1N1C(=O)c2ccccc2CCC1(C)C(=O)NCCC(C)C. The molecule has 2 aromatic carbocycles. The van der Waals surface area contributed by atoms with Gasteiger partial charge >= 0.3 is 0 Å². The molecule has 0 radical (unpaired) electrons. The second-order valence-electron chi connectivity index (χ2n) is 8.18. The predicted molar refractivity (Wildman–Crippen MR) is 115 cm³/mol. The van der Waals surface area contributed by atoms with Crippen LogP contribution in [0.2, 0.25) is 0 Å². The van der Waals surface area contributed by atoms with E-state index < -0.39 is 5.54 Å². The first-order valence-electron chi connectivity index (χ1n) is 10.2. The van der Waals surface area contributed by atoms with E-state index >= 15 is 0 Å². The van der Waals surface area contributed by atoms with Gasteiger partial charge in [-0.25, -0.2) is 0 Å². The summed E-state index contributed by atoms with van der Waals surface area (Å²) in [6, 6.07) is 15.0. The van der Waals surface area contributed by atoms with Gasteiger partial charge in [0.2, 0.25) is 5.91 Å². The number of nitrogens with zero attached hydrogens (tertiary/aromatic N) is 1. The van der Waals surface area contributed by atoms with Crippen LogP contribution in [0.15, 0.2) is 48.5 Å². The number of ether oxygens (including phenoxy) is 1. The van der Waals surface area contributed by atoms with Gasteiger partial charge in [0.05, 0.1) is 12.8 Å². The van der Waals surface area contributed by atoms with Gasteiger partial charge in [0.25, 0.3) is 5.91 Å². The summed E-state index contributed by atoms with van der Waals surface area (Å²) in [7, 11) is 1.58. The van der Waals surface area contributed by atoms with Crippen LogP contribution in [0.3, 0.4) is 0 Å². The quantitative estimate of drug-likeness (QED) is 0.798. The van der Waals surface area contributed by atoms with Gasteiger partial charge in [-0.1, -0.05) is 44.2 Å². The highest BCUT2D eigenvalue weighted by Crippen LogP contribution is 2.39. The van der Waals surface area contributed by atoms with Crippen LogP contribution < -0.4 is 15.0 Å². The molecule has 1 unspecified atom stereocenters. The van der Waals surface area contributed by atoms with E-state index in [0.717, 1.165) is 12.0 Å². The molecule has 5 nitrogen and oxygen atoms in total. The van der Waals surface area contributed by atoms with Crippen molar-refractivity contribution in [2.75, 3.05) is 18.6 Å². The maximum absolute atomic E-state index is 13.7. The van der Waals surface area contributed by atoms with Gasteiger partial charge < -0.3 is 10.1 Å². The topological polar surface area (TPSA) is 58.6 Å². The van der Waals surface area contributed by atoms with E-state index in [1.54, 1.807) is 12.0 Å². The van der Waals surface area contributed by atoms with Crippen LogP contribution >= 0.6 is 0 Å². The minimum absolute atomic E-state index is 0.134. The lowest BCUT2D eigenvalue weighted by molar-refractivity contribution is -0.126. The molecule has 1 heterocycles. The van der Waals surface area contributed by atoms with E-state index in [2.05, 4.69) is 19.2 Å². The number of benzene rings is 2. The molecule has 0 fully saturated rings. The lowest BCUT2D eigenvalue weighted by Gasteiger charge is -2.39. The van der Waals surface area contributed by atoms with Crippen LogP contribution in [0.5, 0.6) is 5.75 Å². The molecule has 1 N–H and O–H groups in total. The zero-order valence-corrected chi connectivity index (χ0v) is 17.7. The smallest absolute Gasteiger partial charge is 0.259 e. The molecule has 3 rings (SSSR count). The highest BCUT2D eigenvalue weighted by molar-refractivity contribution is 6.13. The summed E-state index contributed by atoms with van der Waals surface area (Å²) in [6.07, 6.45) is 2.08. The van der Waals surface area contributed by atoms with Crippen LogP contribution in [0.25, 0.3) is 0 Å². The van der Waals surface area contributed by atoms with Crippen molar-refractivity contribution in [1.29, 1.82) is 0 Å². The van der Waals surface area contributed by atoms with Gasteiger partial charge in [-0.15, -0.1) is 0 Å². The van der Waals surface area contributed by atoms with Crippen molar-refractivity contribution in [2.24, 2.45) is 5.92 Å². The molecule has 1 atom stereocenters. The van der Waals surface area contributed by atoms with E-state index in [9.17, 15) is 9.59 Å².